The summed E-state index contributed by atoms with van der Waals surface area (Å²) in [7, 11) is 0. The molecule has 5 amide bonds. The molecular weight excluding hydrogens is 805 g/mol. The van der Waals surface area contributed by atoms with Crippen molar-refractivity contribution in [3.8, 4) is 0 Å². The Morgan fingerprint density at radius 3 is 1.77 bits per heavy atom. The molecule has 1 saturated heterocycles. The molecule has 1 fully saturated rings. The van der Waals surface area contributed by atoms with E-state index in [4.69, 9.17) is 0 Å². The highest BCUT2D eigenvalue weighted by Crippen LogP contribution is 2.24. The second-order valence-electron chi connectivity index (χ2n) is 18.0. The Labute approximate surface area is 376 Å². The van der Waals surface area contributed by atoms with Crippen LogP contribution in [0.2, 0.25) is 0 Å². The van der Waals surface area contributed by atoms with Crippen molar-refractivity contribution in [2.75, 3.05) is 13.1 Å². The number of nitrogens with one attached hydrogen (secondary N) is 5. The number of amides is 5. The third-order valence-corrected chi connectivity index (χ3v) is 12.1. The molecule has 1 aliphatic rings. The van der Waals surface area contributed by atoms with E-state index in [1.54, 1.807) is 13.8 Å². The van der Waals surface area contributed by atoms with Crippen molar-refractivity contribution in [2.24, 2.45) is 5.92 Å². The Kier molecular flexibility index (Phi) is 15.7. The number of hydrogen-bond acceptors (Lipinski definition) is 7. The summed E-state index contributed by atoms with van der Waals surface area (Å²) in [5.41, 5.74) is 1.02. The van der Waals surface area contributed by atoms with E-state index in [-0.39, 0.29) is 49.0 Å². The van der Waals surface area contributed by atoms with Gasteiger partial charge in [0.05, 0.1) is 18.6 Å². The molecule has 4 atom stereocenters. The van der Waals surface area contributed by atoms with Gasteiger partial charge in [0.2, 0.25) is 29.5 Å². The highest BCUT2D eigenvalue weighted by Gasteiger charge is 2.37. The minimum atomic E-state index is -1.54. The van der Waals surface area contributed by atoms with Gasteiger partial charge in [0.1, 0.15) is 17.6 Å². The molecule has 5 aromatic rings. The largest absolute Gasteiger partial charge is 0.345 e. The number of rotatable bonds is 19. The molecule has 1 heterocycles. The summed E-state index contributed by atoms with van der Waals surface area (Å²) >= 11 is 0. The maximum absolute atomic E-state index is 14.2. The summed E-state index contributed by atoms with van der Waals surface area (Å²) in [6, 6.07) is 33.4. The highest BCUT2D eigenvalue weighted by atomic mass is 16.2. The zero-order valence-corrected chi connectivity index (χ0v) is 37.8. The average molecular weight is 867 g/mol. The van der Waals surface area contributed by atoms with E-state index >= 15 is 0 Å². The molecule has 0 aromatic heterocycles. The molecule has 0 radical (unpaired) electrons. The van der Waals surface area contributed by atoms with Crippen LogP contribution in [0.25, 0.3) is 21.5 Å². The monoisotopic (exact) mass is 866 g/mol. The lowest BCUT2D eigenvalue weighted by molar-refractivity contribution is -0.136. The van der Waals surface area contributed by atoms with Gasteiger partial charge in [-0.1, -0.05) is 129 Å². The SMILES string of the molecule is CC(C)C(=O)[C@H](Cc1cccc2ccccc12)NC(=O)[C@H](Cc1ccccc1)NC(=O)C(C)(C)NC(=O)CNC(=O)[C@H](Cc1cccc2ccccc12)NC(=O)[C@@H]1CCCN1C(C)C. The predicted octanol–water partition coefficient (Wildman–Crippen LogP) is 5.58. The number of nitrogens with zero attached hydrogens (tertiary/aromatic N) is 1. The lowest BCUT2D eigenvalue weighted by atomic mass is 9.92. The van der Waals surface area contributed by atoms with Gasteiger partial charge in [-0.25, -0.2) is 0 Å². The minimum absolute atomic E-state index is 0.120. The van der Waals surface area contributed by atoms with Gasteiger partial charge in [-0.05, 0) is 85.3 Å². The van der Waals surface area contributed by atoms with Crippen LogP contribution in [0.5, 0.6) is 0 Å². The molecule has 0 bridgehead atoms. The van der Waals surface area contributed by atoms with Crippen LogP contribution in [0.15, 0.2) is 115 Å². The maximum Gasteiger partial charge on any atom is 0.245 e. The highest BCUT2D eigenvalue weighted by molar-refractivity contribution is 5.98. The van der Waals surface area contributed by atoms with Gasteiger partial charge in [0, 0.05) is 31.2 Å². The smallest absolute Gasteiger partial charge is 0.245 e. The number of Topliss-reactive ketones (excluding diaryl/α,β-unsaturated/α-hetero) is 1. The van der Waals surface area contributed by atoms with Crippen molar-refractivity contribution in [3.05, 3.63) is 132 Å². The first-order valence-corrected chi connectivity index (χ1v) is 22.4. The first-order chi connectivity index (χ1) is 30.6. The Bertz CT molecular complexity index is 2460. The second kappa shape index (κ2) is 21.3. The van der Waals surface area contributed by atoms with Crippen LogP contribution in [0.3, 0.4) is 0 Å². The first kappa shape index (κ1) is 47.1. The predicted molar refractivity (Wildman–Crippen MR) is 251 cm³/mol. The third-order valence-electron chi connectivity index (χ3n) is 12.1. The summed E-state index contributed by atoms with van der Waals surface area (Å²) in [5.74, 6) is -3.12. The van der Waals surface area contributed by atoms with Crippen LogP contribution in [-0.2, 0) is 48.0 Å². The number of ketones is 1. The molecule has 336 valence electrons. The lowest BCUT2D eigenvalue weighted by Gasteiger charge is -2.30. The van der Waals surface area contributed by atoms with Gasteiger partial charge in [-0.15, -0.1) is 0 Å². The molecule has 12 nitrogen and oxygen atoms in total. The standard InChI is InChI=1S/C52H62N6O6/c1-33(2)47(60)42(30-38-23-14-21-36-19-10-12-25-40(36)38)54-49(62)43(29-35-17-8-7-9-18-35)56-51(64)52(5,6)57-46(59)32-53-48(61)44(55-50(63)45-27-16-28-58(45)34(3)4)31-39-24-15-22-37-20-11-13-26-41(37)39/h7-15,17-26,33-34,42-45H,16,27-32H2,1-6H3,(H,53,61)(H,54,62)(H,55,63)(H,56,64)(H,57,59)/t42-,43-,44-,45-/m0/s1. The molecule has 12 heteroatoms. The molecule has 5 N–H and O–H groups in total. The van der Waals surface area contributed by atoms with Crippen LogP contribution < -0.4 is 26.6 Å². The second-order valence-corrected chi connectivity index (χ2v) is 18.0. The fourth-order valence-corrected chi connectivity index (χ4v) is 8.58. The Hall–Kier alpha value is -6.40. The van der Waals surface area contributed by atoms with E-state index < -0.39 is 53.8 Å². The lowest BCUT2D eigenvalue weighted by Crippen LogP contribution is -2.61. The molecule has 0 unspecified atom stereocenters. The number of fused-ring (bicyclic) bond motifs is 2. The van der Waals surface area contributed by atoms with Gasteiger partial charge >= 0.3 is 0 Å². The summed E-state index contributed by atoms with van der Waals surface area (Å²) in [6.07, 6.45) is 2.13. The summed E-state index contributed by atoms with van der Waals surface area (Å²) in [6.45, 7) is 11.0. The maximum atomic E-state index is 14.2. The molecule has 0 aliphatic carbocycles. The molecule has 0 spiro atoms. The number of carbonyl (C=O) groups excluding carboxylic acids is 6. The molecule has 0 saturated carbocycles. The van der Waals surface area contributed by atoms with E-state index in [9.17, 15) is 28.8 Å². The van der Waals surface area contributed by atoms with Gasteiger partial charge < -0.3 is 26.6 Å². The zero-order valence-electron chi connectivity index (χ0n) is 37.8. The Morgan fingerprint density at radius 2 is 1.17 bits per heavy atom. The van der Waals surface area contributed by atoms with Gasteiger partial charge in [-0.3, -0.25) is 33.7 Å². The molecule has 6 rings (SSSR count). The average Bonchev–Trinajstić information content (AvgIpc) is 3.79. The summed E-state index contributed by atoms with van der Waals surface area (Å²) < 4.78 is 0. The Morgan fingerprint density at radius 1 is 0.625 bits per heavy atom. The van der Waals surface area contributed by atoms with E-state index in [1.807, 2.05) is 129 Å². The summed E-state index contributed by atoms with van der Waals surface area (Å²) in [4.78, 5) is 85.2. The van der Waals surface area contributed by atoms with Crippen molar-refractivity contribution >= 4 is 56.9 Å². The van der Waals surface area contributed by atoms with Crippen molar-refractivity contribution in [1.82, 2.24) is 31.5 Å². The fraction of sp³-hybridized carbons (Fsp3) is 0.385. The van der Waals surface area contributed by atoms with E-state index in [1.165, 1.54) is 13.8 Å². The number of hydrogen-bond donors (Lipinski definition) is 5. The van der Waals surface area contributed by atoms with Crippen molar-refractivity contribution in [3.63, 3.8) is 0 Å². The molecule has 64 heavy (non-hydrogen) atoms. The number of benzene rings is 5. The zero-order chi connectivity index (χ0) is 46.0. The van der Waals surface area contributed by atoms with Gasteiger partial charge in [0.25, 0.3) is 0 Å². The molecular formula is C52H62N6O6. The molecule has 5 aromatic carbocycles. The van der Waals surface area contributed by atoms with Crippen molar-refractivity contribution < 1.29 is 28.8 Å². The number of carbonyl (C=O) groups is 6. The molecule has 1 aliphatic heterocycles. The van der Waals surface area contributed by atoms with E-state index in [2.05, 4.69) is 31.5 Å². The van der Waals surface area contributed by atoms with Crippen molar-refractivity contribution in [1.29, 1.82) is 0 Å². The van der Waals surface area contributed by atoms with E-state index in [0.717, 1.165) is 51.2 Å². The van der Waals surface area contributed by atoms with Gasteiger partial charge in [0.15, 0.2) is 5.78 Å². The van der Waals surface area contributed by atoms with Crippen LogP contribution >= 0.6 is 0 Å². The van der Waals surface area contributed by atoms with Crippen LogP contribution in [0, 0.1) is 5.92 Å². The normalized spacial score (nSPS) is 15.7. The quantitative estimate of drug-likeness (QED) is 0.0723. The van der Waals surface area contributed by atoms with Crippen LogP contribution in [0.4, 0.5) is 0 Å². The third kappa shape index (κ3) is 12.0. The summed E-state index contributed by atoms with van der Waals surface area (Å²) in [5, 5.41) is 18.2. The van der Waals surface area contributed by atoms with Crippen LogP contribution in [0.1, 0.15) is 71.1 Å². The topological polar surface area (TPSA) is 166 Å². The number of likely N-dealkylation sites (tertiary alicyclic amines) is 1. The minimum Gasteiger partial charge on any atom is -0.345 e. The van der Waals surface area contributed by atoms with Crippen LogP contribution in [-0.4, -0.2) is 89.1 Å². The van der Waals surface area contributed by atoms with E-state index in [0.29, 0.717) is 6.42 Å². The van der Waals surface area contributed by atoms with Crippen molar-refractivity contribution in [2.45, 2.75) is 109 Å². The fourth-order valence-electron chi connectivity index (χ4n) is 8.58. The Balaban J connectivity index is 1.14. The van der Waals surface area contributed by atoms with Gasteiger partial charge in [-0.2, -0.15) is 0 Å². The first-order valence-electron chi connectivity index (χ1n) is 22.4.